The molecular formula is C14H12ClN3OS2. The Morgan fingerprint density at radius 2 is 2.43 bits per heavy atom. The molecule has 2 N–H and O–H groups in total. The first-order chi connectivity index (χ1) is 10.2. The van der Waals surface area contributed by atoms with Crippen molar-refractivity contribution in [2.24, 2.45) is 0 Å². The van der Waals surface area contributed by atoms with Crippen LogP contribution >= 0.6 is 34.3 Å². The Morgan fingerprint density at radius 3 is 3.14 bits per heavy atom. The van der Waals surface area contributed by atoms with E-state index < -0.39 is 0 Å². The number of allylic oxidation sites excluding steroid dienone is 2. The summed E-state index contributed by atoms with van der Waals surface area (Å²) in [6.45, 7) is 0.711. The quantitative estimate of drug-likeness (QED) is 0.897. The molecule has 1 aliphatic heterocycles. The maximum Gasteiger partial charge on any atom is 0.230 e. The van der Waals surface area contributed by atoms with Crippen LogP contribution in [0.2, 0.25) is 5.15 Å². The summed E-state index contributed by atoms with van der Waals surface area (Å²) >= 11 is 9.07. The van der Waals surface area contributed by atoms with Crippen molar-refractivity contribution in [2.45, 2.75) is 6.42 Å². The van der Waals surface area contributed by atoms with E-state index in [-0.39, 0.29) is 5.91 Å². The number of hydrogen-bond acceptors (Lipinski definition) is 5. The van der Waals surface area contributed by atoms with E-state index >= 15 is 0 Å². The summed E-state index contributed by atoms with van der Waals surface area (Å²) in [7, 11) is 0. The van der Waals surface area contributed by atoms with Crippen LogP contribution in [0.3, 0.4) is 0 Å². The molecule has 2 aromatic heterocycles. The molecule has 0 aliphatic carbocycles. The number of nitrogens with one attached hydrogen (secondary N) is 2. The number of thiazole rings is 1. The lowest BCUT2D eigenvalue weighted by Crippen LogP contribution is -2.13. The van der Waals surface area contributed by atoms with Gasteiger partial charge in [0.1, 0.15) is 10.0 Å². The van der Waals surface area contributed by atoms with Gasteiger partial charge in [0.15, 0.2) is 5.15 Å². The van der Waals surface area contributed by atoms with Crippen LogP contribution < -0.4 is 10.6 Å². The predicted octanol–water partition coefficient (Wildman–Crippen LogP) is 3.54. The Labute approximate surface area is 135 Å². The third-order valence-electron chi connectivity index (χ3n) is 2.83. The third kappa shape index (κ3) is 3.53. The SMILES string of the molecule is O=C(Cc1cccs1)Nc1sc(C2=CC=CNC2)nc1Cl. The van der Waals surface area contributed by atoms with E-state index in [1.807, 2.05) is 35.9 Å². The molecule has 0 fully saturated rings. The highest BCUT2D eigenvalue weighted by atomic mass is 35.5. The fourth-order valence-electron chi connectivity index (χ4n) is 1.87. The van der Waals surface area contributed by atoms with Crippen molar-refractivity contribution in [1.82, 2.24) is 10.3 Å². The summed E-state index contributed by atoms with van der Waals surface area (Å²) in [5, 5.41) is 9.67. The summed E-state index contributed by atoms with van der Waals surface area (Å²) in [4.78, 5) is 17.3. The molecule has 0 aromatic carbocycles. The first kappa shape index (κ1) is 14.3. The lowest BCUT2D eigenvalue weighted by Gasteiger charge is -2.06. The second-order valence-corrected chi connectivity index (χ2v) is 6.76. The summed E-state index contributed by atoms with van der Waals surface area (Å²) in [6.07, 6.45) is 6.14. The standard InChI is InChI=1S/C14H12ClN3OS2/c15-12-14(17-11(19)7-10-4-2-6-20-10)21-13(18-12)9-3-1-5-16-8-9/h1-6,16H,7-8H2,(H,17,19). The molecule has 7 heteroatoms. The Hall–Kier alpha value is -1.63. The maximum absolute atomic E-state index is 12.0. The zero-order valence-corrected chi connectivity index (χ0v) is 13.3. The number of aromatic nitrogens is 1. The van der Waals surface area contributed by atoms with Gasteiger partial charge >= 0.3 is 0 Å². The van der Waals surface area contributed by atoms with Gasteiger partial charge in [-0.15, -0.1) is 11.3 Å². The molecule has 0 saturated carbocycles. The molecule has 2 aromatic rings. The first-order valence-corrected chi connectivity index (χ1v) is 8.38. The normalized spacial score (nSPS) is 13.7. The zero-order valence-electron chi connectivity index (χ0n) is 10.9. The second-order valence-electron chi connectivity index (χ2n) is 4.38. The van der Waals surface area contributed by atoms with E-state index in [0.717, 1.165) is 15.5 Å². The van der Waals surface area contributed by atoms with Crippen molar-refractivity contribution in [3.8, 4) is 0 Å². The lowest BCUT2D eigenvalue weighted by molar-refractivity contribution is -0.115. The van der Waals surface area contributed by atoms with Crippen LogP contribution in [0.4, 0.5) is 5.00 Å². The molecule has 1 amide bonds. The van der Waals surface area contributed by atoms with Crippen LogP contribution in [0, 0.1) is 0 Å². The lowest BCUT2D eigenvalue weighted by atomic mass is 10.2. The highest BCUT2D eigenvalue weighted by Crippen LogP contribution is 2.33. The van der Waals surface area contributed by atoms with Gasteiger partial charge in [-0.25, -0.2) is 4.98 Å². The monoisotopic (exact) mass is 337 g/mol. The molecule has 4 nitrogen and oxygen atoms in total. The fourth-order valence-corrected chi connectivity index (χ4v) is 3.76. The number of hydrogen-bond donors (Lipinski definition) is 2. The Balaban J connectivity index is 1.71. The molecule has 0 saturated heterocycles. The molecule has 1 aliphatic rings. The van der Waals surface area contributed by atoms with E-state index in [9.17, 15) is 4.79 Å². The third-order valence-corrected chi connectivity index (χ3v) is 5.14. The molecule has 21 heavy (non-hydrogen) atoms. The van der Waals surface area contributed by atoms with Crippen LogP contribution in [-0.4, -0.2) is 17.4 Å². The number of carbonyl (C=O) groups excluding carboxylic acids is 1. The molecule has 0 radical (unpaired) electrons. The minimum Gasteiger partial charge on any atom is -0.387 e. The average Bonchev–Trinajstić information content (AvgIpc) is 3.11. The van der Waals surface area contributed by atoms with Gasteiger partial charge in [0, 0.05) is 17.0 Å². The Morgan fingerprint density at radius 1 is 1.52 bits per heavy atom. The van der Waals surface area contributed by atoms with Crippen LogP contribution in [-0.2, 0) is 11.2 Å². The summed E-state index contributed by atoms with van der Waals surface area (Å²) < 4.78 is 0. The van der Waals surface area contributed by atoms with Crippen molar-refractivity contribution in [3.05, 3.63) is 50.9 Å². The van der Waals surface area contributed by atoms with Crippen molar-refractivity contribution in [3.63, 3.8) is 0 Å². The van der Waals surface area contributed by atoms with Crippen LogP contribution in [0.25, 0.3) is 5.57 Å². The van der Waals surface area contributed by atoms with Gasteiger partial charge in [-0.05, 0) is 23.7 Å². The van der Waals surface area contributed by atoms with Crippen molar-refractivity contribution < 1.29 is 4.79 Å². The number of halogens is 1. The molecule has 0 bridgehead atoms. The smallest absolute Gasteiger partial charge is 0.230 e. The van der Waals surface area contributed by atoms with E-state index in [2.05, 4.69) is 15.6 Å². The summed E-state index contributed by atoms with van der Waals surface area (Å²) in [5.74, 6) is -0.0785. The summed E-state index contributed by atoms with van der Waals surface area (Å²) in [5.41, 5.74) is 1.06. The molecule has 3 heterocycles. The number of thiophene rings is 1. The van der Waals surface area contributed by atoms with Gasteiger partial charge in [-0.1, -0.05) is 35.1 Å². The molecule has 108 valence electrons. The Bertz CT molecular complexity index is 704. The molecule has 3 rings (SSSR count). The van der Waals surface area contributed by atoms with E-state index in [0.29, 0.717) is 23.1 Å². The number of rotatable bonds is 4. The van der Waals surface area contributed by atoms with Gasteiger partial charge in [-0.3, -0.25) is 4.79 Å². The van der Waals surface area contributed by atoms with Gasteiger partial charge < -0.3 is 10.6 Å². The average molecular weight is 338 g/mol. The van der Waals surface area contributed by atoms with Crippen LogP contribution in [0.15, 0.2) is 35.9 Å². The molecule has 0 spiro atoms. The number of amides is 1. The number of anilines is 1. The number of carbonyl (C=O) groups is 1. The molecule has 0 atom stereocenters. The Kier molecular flexibility index (Phi) is 4.38. The topological polar surface area (TPSA) is 54.0 Å². The van der Waals surface area contributed by atoms with Gasteiger partial charge in [0.25, 0.3) is 0 Å². The summed E-state index contributed by atoms with van der Waals surface area (Å²) in [6, 6.07) is 3.87. The van der Waals surface area contributed by atoms with Crippen LogP contribution in [0.5, 0.6) is 0 Å². The number of dihydropyridines is 1. The molecular weight excluding hydrogens is 326 g/mol. The van der Waals surface area contributed by atoms with Gasteiger partial charge in [-0.2, -0.15) is 0 Å². The first-order valence-electron chi connectivity index (χ1n) is 6.30. The van der Waals surface area contributed by atoms with Crippen molar-refractivity contribution in [1.29, 1.82) is 0 Å². The minimum absolute atomic E-state index is 0.0785. The van der Waals surface area contributed by atoms with E-state index in [4.69, 9.17) is 11.6 Å². The second kappa shape index (κ2) is 6.43. The van der Waals surface area contributed by atoms with Gasteiger partial charge in [0.05, 0.1) is 6.42 Å². The van der Waals surface area contributed by atoms with Crippen molar-refractivity contribution >= 4 is 50.8 Å². The zero-order chi connectivity index (χ0) is 14.7. The predicted molar refractivity (Wildman–Crippen MR) is 88.9 cm³/mol. The minimum atomic E-state index is -0.0785. The largest absolute Gasteiger partial charge is 0.387 e. The maximum atomic E-state index is 12.0. The van der Waals surface area contributed by atoms with Crippen molar-refractivity contribution in [2.75, 3.05) is 11.9 Å². The van der Waals surface area contributed by atoms with Gasteiger partial charge in [0.2, 0.25) is 5.91 Å². The highest BCUT2D eigenvalue weighted by Gasteiger charge is 2.15. The fraction of sp³-hybridized carbons (Fsp3) is 0.143. The van der Waals surface area contributed by atoms with E-state index in [1.165, 1.54) is 11.3 Å². The molecule has 0 unspecified atom stereocenters. The van der Waals surface area contributed by atoms with E-state index in [1.54, 1.807) is 11.3 Å². The number of nitrogens with zero attached hydrogens (tertiary/aromatic N) is 1. The highest BCUT2D eigenvalue weighted by molar-refractivity contribution is 7.17. The van der Waals surface area contributed by atoms with Crippen LogP contribution in [0.1, 0.15) is 9.88 Å².